The lowest BCUT2D eigenvalue weighted by Crippen LogP contribution is -2.53. The van der Waals surface area contributed by atoms with Gasteiger partial charge in [-0.2, -0.15) is 0 Å². The number of amides is 1. The number of carbonyl (C=O) groups is 1. The molecule has 18 nitrogen and oxygen atoms in total. The van der Waals surface area contributed by atoms with E-state index >= 15 is 0 Å². The molecule has 1 saturated heterocycles. The molecule has 4 aliphatic carbocycles. The van der Waals surface area contributed by atoms with Gasteiger partial charge in [0.15, 0.2) is 16.6 Å². The fourth-order valence-electron chi connectivity index (χ4n) is 20.2. The number of benzene rings is 7. The number of fused-ring (bicyclic) bond motifs is 8. The van der Waals surface area contributed by atoms with Crippen molar-refractivity contribution in [1.82, 2.24) is 34.2 Å². The molecule has 0 spiro atoms. The van der Waals surface area contributed by atoms with Crippen molar-refractivity contribution in [2.24, 2.45) is 17.8 Å². The largest absolute Gasteiger partial charge is 0.508 e. The fourth-order valence-corrected chi connectivity index (χ4v) is 24.0. The number of nitrogen functional groups attached to an aromatic ring is 1. The SMILES string of the molecule is C.CCCC[C@H]1CCc2nc(N)sc2C1.CCCN(CCC)CCc1cccc2c1CC(=O)N2.CCCN(CCc1cccs1)[C@H]1CCc2c(O)cccc2C1.CCCN1C[C@@H](CS(=O)(=O)N(CC)CC)C[C@@H]2Cc3c(O)cccc3C[C@H]21.CN1CCc2cccc3c2[C@H]1Cc1ccc(O)c(O)c1-3.Oc1ccc(C2CNCCc3c2ccc(O)c3Cl)cc1. The number of aromatic nitrogens is 1. The van der Waals surface area contributed by atoms with Crippen molar-refractivity contribution in [3.8, 4) is 45.6 Å². The summed E-state index contributed by atoms with van der Waals surface area (Å²) in [6.45, 7) is 26.4. The number of thiophene rings is 1. The Balaban J connectivity index is 0.000000145. The van der Waals surface area contributed by atoms with Crippen LogP contribution in [-0.4, -0.2) is 177 Å². The summed E-state index contributed by atoms with van der Waals surface area (Å²) in [5.41, 5.74) is 24.4. The predicted molar refractivity (Wildman–Crippen MR) is 509 cm³/mol. The van der Waals surface area contributed by atoms with Gasteiger partial charge in [0.2, 0.25) is 15.9 Å². The summed E-state index contributed by atoms with van der Waals surface area (Å²) in [5, 5.41) is 69.2. The molecule has 0 saturated carbocycles. The lowest BCUT2D eigenvalue weighted by molar-refractivity contribution is -0.115. The third kappa shape index (κ3) is 24.4. The number of halogens is 1. The van der Waals surface area contributed by atoms with Crippen molar-refractivity contribution in [2.45, 2.75) is 221 Å². The van der Waals surface area contributed by atoms with Crippen molar-refractivity contribution < 1.29 is 43.9 Å². The van der Waals surface area contributed by atoms with Crippen LogP contribution in [-0.2, 0) is 91.9 Å². The van der Waals surface area contributed by atoms with Crippen molar-refractivity contribution >= 4 is 61.0 Å². The number of anilines is 2. The highest BCUT2D eigenvalue weighted by Crippen LogP contribution is 2.51. The maximum atomic E-state index is 12.8. The molecule has 666 valence electrons. The minimum atomic E-state index is -3.21. The van der Waals surface area contributed by atoms with Gasteiger partial charge in [-0.15, -0.1) is 22.7 Å². The Kier molecular flexibility index (Phi) is 35.7. The van der Waals surface area contributed by atoms with Crippen LogP contribution in [0.25, 0.3) is 11.1 Å². The lowest BCUT2D eigenvalue weighted by Gasteiger charge is -2.47. The first-order valence-electron chi connectivity index (χ1n) is 45.3. The molecule has 1 amide bonds. The van der Waals surface area contributed by atoms with E-state index in [4.69, 9.17) is 17.3 Å². The van der Waals surface area contributed by atoms with Crippen LogP contribution in [0.15, 0.2) is 139 Å². The number of hydrogen-bond donors (Lipinski definition) is 9. The Labute approximate surface area is 747 Å². The van der Waals surface area contributed by atoms with Crippen LogP contribution in [0.2, 0.25) is 5.02 Å². The van der Waals surface area contributed by atoms with Gasteiger partial charge in [0, 0.05) is 90.9 Å². The van der Waals surface area contributed by atoms with Crippen molar-refractivity contribution in [2.75, 3.05) is 102 Å². The molecule has 7 atom stereocenters. The standard InChI is InChI=1S/C21H34N2O3S.C19H25NOS.C17H17NO2.C16H16ClNO2.C16H24N2O.C11H18N2S.CH4/c1-4-10-22-14-16(15-27(25,26)23(5-2)6-3)11-18-12-19-17(13-20(18)22)8-7-9-21(19)24;1-2-11-20(12-10-17-6-4-13-22-17)16-8-9-18-15(14-16)5-3-7-19(18)21;1-18-8-7-10-3-2-4-12-15(10)13(18)9-11-5-6-14(19)17(20)16(11)12;17-16-13-7-8-18-9-14(12(13)5-6-15(16)20)10-1-3-11(19)4-2-10;1-3-9-18(10-4-2)11-8-13-6-5-7-15-14(13)12-16(19)17-15;1-2-3-4-8-5-6-9-10(7-8)14-11(12)13-9;/h7-9,16,18,20,24H,4-6,10-15H2,1-3H3;3-7,13,16,21H,2,8-12,14H2,1H3;2-6,13,19-20H,7-9H2,1H3;1-6,14,18-20H,7-9H2;5-7H,3-4,8-12H2,1-2H3,(H,17,19);8H,2-7H2,1H3,(H2,12,13);1H4/t16-,18+,20+;16-;13-;;;8-;/m001..0./s1. The summed E-state index contributed by atoms with van der Waals surface area (Å²) in [4.78, 5) is 28.9. The van der Waals surface area contributed by atoms with Crippen LogP contribution >= 0.6 is 34.3 Å². The topological polar surface area (TPSA) is 252 Å². The highest BCUT2D eigenvalue weighted by Gasteiger charge is 2.42. The zero-order valence-corrected chi connectivity index (χ0v) is 76.5. The summed E-state index contributed by atoms with van der Waals surface area (Å²) in [6.07, 6.45) is 23.9. The summed E-state index contributed by atoms with van der Waals surface area (Å²) in [5.74, 6) is 3.27. The number of thiazole rings is 1. The molecule has 1 fully saturated rings. The smallest absolute Gasteiger partial charge is 0.228 e. The van der Waals surface area contributed by atoms with Gasteiger partial charge in [-0.25, -0.2) is 17.7 Å². The summed E-state index contributed by atoms with van der Waals surface area (Å²) in [7, 11) is -1.05. The number of unbranched alkanes of at least 4 members (excludes halogenated alkanes) is 1. The molecular formula is C101H138ClN9O9S3. The second-order valence-electron chi connectivity index (χ2n) is 34.6. The number of phenols is 6. The maximum absolute atomic E-state index is 12.8. The second kappa shape index (κ2) is 45.9. The van der Waals surface area contributed by atoms with E-state index < -0.39 is 10.0 Å². The highest BCUT2D eigenvalue weighted by atomic mass is 35.5. The first kappa shape index (κ1) is 95.6. The van der Waals surface area contributed by atoms with E-state index in [1.54, 1.807) is 46.0 Å². The van der Waals surface area contributed by atoms with E-state index in [2.05, 4.69) is 131 Å². The Bertz CT molecular complexity index is 5000. The van der Waals surface area contributed by atoms with Gasteiger partial charge in [0.05, 0.1) is 22.9 Å². The number of phenolic OH excluding ortho intramolecular Hbond substituents is 6. The molecule has 22 heteroatoms. The van der Waals surface area contributed by atoms with Crippen LogP contribution in [0.3, 0.4) is 0 Å². The summed E-state index contributed by atoms with van der Waals surface area (Å²) < 4.78 is 27.2. The van der Waals surface area contributed by atoms with Crippen molar-refractivity contribution in [1.29, 1.82) is 0 Å². The van der Waals surface area contributed by atoms with Crippen molar-refractivity contribution in [3.05, 3.63) is 226 Å². The third-order valence-corrected chi connectivity index (χ3v) is 30.8. The molecule has 10 N–H and O–H groups in total. The normalized spacial score (nSPS) is 19.6. The van der Waals surface area contributed by atoms with E-state index in [1.807, 2.05) is 79.8 Å². The Morgan fingerprint density at radius 3 is 2.07 bits per heavy atom. The molecule has 0 bridgehead atoms. The van der Waals surface area contributed by atoms with Crippen LogP contribution in [0.4, 0.5) is 10.8 Å². The molecule has 4 aliphatic heterocycles. The number of rotatable bonds is 24. The zero-order chi connectivity index (χ0) is 86.6. The summed E-state index contributed by atoms with van der Waals surface area (Å²) in [6, 6.07) is 44.5. The average Bonchev–Trinajstić information content (AvgIpc) is 1.38. The van der Waals surface area contributed by atoms with Crippen LogP contribution in [0.1, 0.15) is 214 Å². The van der Waals surface area contributed by atoms with E-state index in [9.17, 15) is 43.9 Å². The molecule has 17 rings (SSSR count). The van der Waals surface area contributed by atoms with Crippen molar-refractivity contribution in [3.63, 3.8) is 0 Å². The molecule has 1 unspecified atom stereocenters. The van der Waals surface area contributed by atoms with E-state index in [0.29, 0.717) is 60.1 Å². The van der Waals surface area contributed by atoms with Gasteiger partial charge in [-0.1, -0.05) is 172 Å². The van der Waals surface area contributed by atoms with E-state index in [-0.39, 0.29) is 53.9 Å². The number of nitrogens with two attached hydrogens (primary N) is 1. The average molecular weight is 1750 g/mol. The van der Waals surface area contributed by atoms with Crippen LogP contribution in [0.5, 0.6) is 34.5 Å². The zero-order valence-electron chi connectivity index (χ0n) is 73.3. The number of likely N-dealkylation sites (tertiary alicyclic amines) is 1. The number of hydrogen-bond acceptors (Lipinski definition) is 18. The first-order chi connectivity index (χ1) is 59.0. The number of carbonyl (C=O) groups excluding carboxylic acids is 1. The lowest BCUT2D eigenvalue weighted by atomic mass is 9.72. The Hall–Kier alpha value is -8.06. The van der Waals surface area contributed by atoms with Gasteiger partial charge in [-0.3, -0.25) is 19.5 Å². The number of aromatic hydroxyl groups is 6. The molecule has 0 radical (unpaired) electrons. The Morgan fingerprint density at radius 1 is 0.642 bits per heavy atom. The van der Waals surface area contributed by atoms with Gasteiger partial charge >= 0.3 is 0 Å². The predicted octanol–water partition coefficient (Wildman–Crippen LogP) is 19.5. The quantitative estimate of drug-likeness (QED) is 0.0255. The Morgan fingerprint density at radius 2 is 1.36 bits per heavy atom. The molecule has 2 aromatic heterocycles. The third-order valence-electron chi connectivity index (χ3n) is 26.3. The molecule has 8 aliphatic rings. The molecule has 7 aromatic carbocycles. The van der Waals surface area contributed by atoms with Crippen LogP contribution in [0, 0.1) is 17.8 Å². The van der Waals surface area contributed by atoms with Crippen LogP contribution < -0.4 is 16.4 Å². The molecule has 6 heterocycles. The second-order valence-corrected chi connectivity index (χ2v) is 39.1. The van der Waals surface area contributed by atoms with Gasteiger partial charge < -0.3 is 51.9 Å². The monoisotopic (exact) mass is 1750 g/mol. The number of nitrogens with zero attached hydrogens (tertiary/aromatic N) is 6. The summed E-state index contributed by atoms with van der Waals surface area (Å²) >= 11 is 9.80. The van der Waals surface area contributed by atoms with E-state index in [0.717, 1.165) is 185 Å². The highest BCUT2D eigenvalue weighted by molar-refractivity contribution is 7.89. The minimum absolute atomic E-state index is 0. The fraction of sp³-hybridized carbons (Fsp3) is 0.505. The first-order valence-corrected chi connectivity index (χ1v) is 49.0. The molecular weight excluding hydrogens is 1610 g/mol. The van der Waals surface area contributed by atoms with Gasteiger partial charge in [0.25, 0.3) is 0 Å². The maximum Gasteiger partial charge on any atom is 0.228 e. The van der Waals surface area contributed by atoms with Gasteiger partial charge in [-0.05, 0) is 299 Å². The van der Waals surface area contributed by atoms with E-state index in [1.165, 1.54) is 125 Å². The molecule has 9 aromatic rings. The number of piperidine rings is 1. The van der Waals surface area contributed by atoms with Gasteiger partial charge in [0.1, 0.15) is 23.0 Å². The number of likely N-dealkylation sites (N-methyl/N-ethyl adjacent to an activating group) is 1. The number of sulfonamides is 1. The molecule has 123 heavy (non-hydrogen) atoms. The number of nitrogens with one attached hydrogen (secondary N) is 2. The minimum Gasteiger partial charge on any atom is -0.508 e. The number of aryl methyl sites for hydroxylation is 1.